The van der Waals surface area contributed by atoms with E-state index in [9.17, 15) is 4.39 Å². The van der Waals surface area contributed by atoms with Crippen LogP contribution in [0.15, 0.2) is 36.2 Å². The third kappa shape index (κ3) is 1.95. The third-order valence-corrected chi connectivity index (χ3v) is 2.28. The summed E-state index contributed by atoms with van der Waals surface area (Å²) in [6.07, 6.45) is 2.91. The van der Waals surface area contributed by atoms with Gasteiger partial charge in [0, 0.05) is 17.8 Å². The number of nitrogens with one attached hydrogen (secondary N) is 2. The number of fused-ring (bicyclic) bond motifs is 1. The molecule has 5 heteroatoms. The summed E-state index contributed by atoms with van der Waals surface area (Å²) in [5.74, 6) is -0.323. The van der Waals surface area contributed by atoms with Crippen molar-refractivity contribution >= 4 is 16.6 Å². The van der Waals surface area contributed by atoms with E-state index in [-0.39, 0.29) is 11.4 Å². The Morgan fingerprint density at radius 3 is 2.76 bits per heavy atom. The van der Waals surface area contributed by atoms with Gasteiger partial charge >= 0.3 is 0 Å². The highest BCUT2D eigenvalue weighted by Crippen LogP contribution is 2.24. The van der Waals surface area contributed by atoms with Crippen molar-refractivity contribution in [3.05, 3.63) is 42.0 Å². The molecule has 0 unspecified atom stereocenters. The summed E-state index contributed by atoms with van der Waals surface area (Å²) in [5, 5.41) is 20.4. The smallest absolute Gasteiger partial charge is 0.145 e. The van der Waals surface area contributed by atoms with Gasteiger partial charge in [-0.25, -0.2) is 4.39 Å². The molecule has 0 aliphatic heterocycles. The number of aromatic amines is 1. The van der Waals surface area contributed by atoms with Crippen molar-refractivity contribution in [3.8, 4) is 12.1 Å². The SMILES string of the molecule is N#CC(C#N)=CNc1ccc(F)c2cc[nH]c12. The molecule has 0 aliphatic rings. The van der Waals surface area contributed by atoms with Gasteiger partial charge in [0.15, 0.2) is 0 Å². The first-order valence-electron chi connectivity index (χ1n) is 4.78. The number of benzene rings is 1. The molecule has 0 aliphatic carbocycles. The van der Waals surface area contributed by atoms with Crippen LogP contribution in [-0.4, -0.2) is 4.98 Å². The number of nitrogens with zero attached hydrogens (tertiary/aromatic N) is 2. The van der Waals surface area contributed by atoms with Gasteiger partial charge < -0.3 is 10.3 Å². The van der Waals surface area contributed by atoms with E-state index in [0.717, 1.165) is 0 Å². The number of allylic oxidation sites excluding steroid dienone is 1. The van der Waals surface area contributed by atoms with Crippen LogP contribution >= 0.6 is 0 Å². The second-order valence-electron chi connectivity index (χ2n) is 3.29. The van der Waals surface area contributed by atoms with Crippen LogP contribution in [0.25, 0.3) is 10.9 Å². The Morgan fingerprint density at radius 2 is 2.06 bits per heavy atom. The largest absolute Gasteiger partial charge is 0.359 e. The number of hydrogen-bond acceptors (Lipinski definition) is 3. The lowest BCUT2D eigenvalue weighted by Crippen LogP contribution is -1.92. The number of aromatic nitrogens is 1. The van der Waals surface area contributed by atoms with Crippen LogP contribution in [0.2, 0.25) is 0 Å². The summed E-state index contributed by atoms with van der Waals surface area (Å²) in [7, 11) is 0. The molecule has 0 spiro atoms. The Labute approximate surface area is 96.6 Å². The van der Waals surface area contributed by atoms with Crippen LogP contribution in [0, 0.1) is 28.5 Å². The van der Waals surface area contributed by atoms with E-state index < -0.39 is 0 Å². The standard InChI is InChI=1S/C12H7FN4/c13-10-1-2-11(12-9(10)3-4-16-12)17-7-8(5-14)6-15/h1-4,7,16-17H. The van der Waals surface area contributed by atoms with Crippen molar-refractivity contribution in [3.63, 3.8) is 0 Å². The van der Waals surface area contributed by atoms with Gasteiger partial charge in [-0.05, 0) is 18.2 Å². The van der Waals surface area contributed by atoms with E-state index in [0.29, 0.717) is 16.6 Å². The second-order valence-corrected chi connectivity index (χ2v) is 3.29. The highest BCUT2D eigenvalue weighted by Gasteiger charge is 2.05. The van der Waals surface area contributed by atoms with Gasteiger partial charge in [0.25, 0.3) is 0 Å². The normalized spacial score (nSPS) is 9.35. The maximum atomic E-state index is 13.4. The topological polar surface area (TPSA) is 75.4 Å². The molecule has 0 fully saturated rings. The number of hydrogen-bond donors (Lipinski definition) is 2. The van der Waals surface area contributed by atoms with Crippen molar-refractivity contribution in [2.45, 2.75) is 0 Å². The second kappa shape index (κ2) is 4.38. The predicted octanol–water partition coefficient (Wildman–Crippen LogP) is 2.65. The first-order chi connectivity index (χ1) is 8.26. The zero-order valence-electron chi connectivity index (χ0n) is 8.66. The molecular weight excluding hydrogens is 219 g/mol. The lowest BCUT2D eigenvalue weighted by Gasteiger charge is -2.03. The van der Waals surface area contributed by atoms with E-state index in [2.05, 4.69) is 10.3 Å². The van der Waals surface area contributed by atoms with Crippen molar-refractivity contribution in [1.82, 2.24) is 4.98 Å². The summed E-state index contributed by atoms with van der Waals surface area (Å²) in [6.45, 7) is 0. The van der Waals surface area contributed by atoms with Gasteiger partial charge in [-0.3, -0.25) is 0 Å². The summed E-state index contributed by atoms with van der Waals surface area (Å²) < 4.78 is 13.4. The molecule has 0 bridgehead atoms. The minimum Gasteiger partial charge on any atom is -0.359 e. The summed E-state index contributed by atoms with van der Waals surface area (Å²) in [5.41, 5.74) is 1.15. The van der Waals surface area contributed by atoms with Gasteiger partial charge in [-0.1, -0.05) is 0 Å². The molecule has 0 saturated carbocycles. The molecule has 1 heterocycles. The fraction of sp³-hybridized carbons (Fsp3) is 0. The number of halogens is 1. The highest BCUT2D eigenvalue weighted by molar-refractivity contribution is 5.91. The van der Waals surface area contributed by atoms with Gasteiger partial charge in [0.1, 0.15) is 23.5 Å². The summed E-state index contributed by atoms with van der Waals surface area (Å²) in [6, 6.07) is 7.94. The van der Waals surface area contributed by atoms with E-state index in [4.69, 9.17) is 10.5 Å². The van der Waals surface area contributed by atoms with Crippen LogP contribution in [0.5, 0.6) is 0 Å². The molecule has 0 atom stereocenters. The lowest BCUT2D eigenvalue weighted by molar-refractivity contribution is 0.640. The summed E-state index contributed by atoms with van der Waals surface area (Å²) >= 11 is 0. The van der Waals surface area contributed by atoms with E-state index >= 15 is 0 Å². The Hall–Kier alpha value is -2.79. The van der Waals surface area contributed by atoms with E-state index in [1.807, 2.05) is 0 Å². The molecular formula is C12H7FN4. The van der Waals surface area contributed by atoms with Crippen molar-refractivity contribution in [2.24, 2.45) is 0 Å². The number of anilines is 1. The Kier molecular flexibility index (Phi) is 2.76. The van der Waals surface area contributed by atoms with E-state index in [1.54, 1.807) is 24.4 Å². The van der Waals surface area contributed by atoms with Crippen LogP contribution in [0.4, 0.5) is 10.1 Å². The van der Waals surface area contributed by atoms with Crippen LogP contribution in [-0.2, 0) is 0 Å². The molecule has 17 heavy (non-hydrogen) atoms. The molecule has 0 saturated heterocycles. The van der Waals surface area contributed by atoms with Crippen LogP contribution in [0.3, 0.4) is 0 Å². The molecule has 2 N–H and O–H groups in total. The highest BCUT2D eigenvalue weighted by atomic mass is 19.1. The molecule has 0 amide bonds. The van der Waals surface area contributed by atoms with Crippen molar-refractivity contribution < 1.29 is 4.39 Å². The fourth-order valence-electron chi connectivity index (χ4n) is 1.48. The number of nitriles is 2. The monoisotopic (exact) mass is 226 g/mol. The number of rotatable bonds is 2. The minimum absolute atomic E-state index is 0.0472. The first kappa shape index (κ1) is 10.7. The Morgan fingerprint density at radius 1 is 1.29 bits per heavy atom. The van der Waals surface area contributed by atoms with Crippen molar-refractivity contribution in [1.29, 1.82) is 10.5 Å². The Balaban J connectivity index is 2.42. The van der Waals surface area contributed by atoms with Gasteiger partial charge in [-0.2, -0.15) is 10.5 Å². The quantitative estimate of drug-likeness (QED) is 0.773. The van der Waals surface area contributed by atoms with Crippen molar-refractivity contribution in [2.75, 3.05) is 5.32 Å². The van der Waals surface area contributed by atoms with Gasteiger partial charge in [0.05, 0.1) is 11.2 Å². The van der Waals surface area contributed by atoms with Gasteiger partial charge in [-0.15, -0.1) is 0 Å². The number of H-pyrrole nitrogens is 1. The maximum absolute atomic E-state index is 13.4. The Bertz CT molecular complexity index is 654. The average molecular weight is 226 g/mol. The molecule has 0 radical (unpaired) electrons. The first-order valence-corrected chi connectivity index (χ1v) is 4.78. The molecule has 1 aromatic heterocycles. The third-order valence-electron chi connectivity index (χ3n) is 2.28. The minimum atomic E-state index is -0.323. The average Bonchev–Trinajstić information content (AvgIpc) is 2.83. The van der Waals surface area contributed by atoms with Gasteiger partial charge in [0.2, 0.25) is 0 Å². The molecule has 2 aromatic rings. The summed E-state index contributed by atoms with van der Waals surface area (Å²) in [4.78, 5) is 2.89. The molecule has 4 nitrogen and oxygen atoms in total. The maximum Gasteiger partial charge on any atom is 0.145 e. The zero-order chi connectivity index (χ0) is 12.3. The molecule has 1 aromatic carbocycles. The van der Waals surface area contributed by atoms with Crippen LogP contribution in [0.1, 0.15) is 0 Å². The zero-order valence-corrected chi connectivity index (χ0v) is 8.66. The predicted molar refractivity (Wildman–Crippen MR) is 61.2 cm³/mol. The fourth-order valence-corrected chi connectivity index (χ4v) is 1.48. The van der Waals surface area contributed by atoms with E-state index in [1.165, 1.54) is 18.3 Å². The molecule has 2 rings (SSSR count). The van der Waals surface area contributed by atoms with Crippen LogP contribution < -0.4 is 5.32 Å². The lowest BCUT2D eigenvalue weighted by atomic mass is 10.2. The molecule has 82 valence electrons.